The molecule has 0 radical (unpaired) electrons. The third kappa shape index (κ3) is 7.46. The van der Waals surface area contributed by atoms with Crippen LogP contribution in [0.25, 0.3) is 5.57 Å². The van der Waals surface area contributed by atoms with Crippen molar-refractivity contribution in [2.75, 3.05) is 0 Å². The average molecular weight is 444 g/mol. The van der Waals surface area contributed by atoms with Gasteiger partial charge in [-0.25, -0.2) is 0 Å². The van der Waals surface area contributed by atoms with Gasteiger partial charge in [0.05, 0.1) is 0 Å². The summed E-state index contributed by atoms with van der Waals surface area (Å²) >= 11 is 0. The van der Waals surface area contributed by atoms with Crippen LogP contribution in [0.1, 0.15) is 31.7 Å². The molecule has 0 atom stereocenters. The molecular formula is C20H21Cl3SiTi. The minimum Gasteiger partial charge on any atom is -1.00 e. The van der Waals surface area contributed by atoms with Gasteiger partial charge in [-0.05, 0) is 6.42 Å². The predicted molar refractivity (Wildman–Crippen MR) is 94.3 cm³/mol. The zero-order valence-corrected chi connectivity index (χ0v) is 19.5. The maximum atomic E-state index is 3.71. The van der Waals surface area contributed by atoms with Crippen molar-refractivity contribution >= 4 is 20.3 Å². The van der Waals surface area contributed by atoms with Crippen LogP contribution in [0.2, 0.25) is 0 Å². The maximum Gasteiger partial charge on any atom is 4.00 e. The molecule has 0 aromatic heterocycles. The molecule has 0 nitrogen and oxygen atoms in total. The number of halogens is 3. The van der Waals surface area contributed by atoms with Gasteiger partial charge in [0.1, 0.15) is 0 Å². The van der Waals surface area contributed by atoms with Crippen LogP contribution in [-0.2, 0) is 21.7 Å². The molecule has 1 aliphatic carbocycles. The van der Waals surface area contributed by atoms with Crippen LogP contribution in [0.15, 0.2) is 71.4 Å². The van der Waals surface area contributed by atoms with E-state index in [1.54, 1.807) is 5.20 Å². The van der Waals surface area contributed by atoms with Crippen molar-refractivity contribution in [2.24, 2.45) is 0 Å². The Hall–Kier alpha value is -0.279. The molecule has 130 valence electrons. The van der Waals surface area contributed by atoms with E-state index >= 15 is 0 Å². The van der Waals surface area contributed by atoms with Crippen molar-refractivity contribution in [3.63, 3.8) is 0 Å². The molecule has 5 heteroatoms. The molecule has 0 aliphatic heterocycles. The molecule has 25 heavy (non-hydrogen) atoms. The monoisotopic (exact) mass is 442 g/mol. The Morgan fingerprint density at radius 3 is 2.00 bits per heavy atom. The van der Waals surface area contributed by atoms with E-state index in [1.165, 1.54) is 34.7 Å². The first-order valence-electron chi connectivity index (χ1n) is 7.80. The summed E-state index contributed by atoms with van der Waals surface area (Å²) in [7, 11) is -0.379. The van der Waals surface area contributed by atoms with E-state index in [-0.39, 0.29) is 68.5 Å². The number of allylic oxidation sites excluding steroid dienone is 4. The molecule has 2 aromatic rings. The quantitative estimate of drug-likeness (QED) is 0.320. The van der Waals surface area contributed by atoms with Crippen LogP contribution < -0.4 is 42.4 Å². The number of benzene rings is 2. The van der Waals surface area contributed by atoms with E-state index in [0.717, 1.165) is 6.42 Å². The van der Waals surface area contributed by atoms with E-state index in [0.29, 0.717) is 0 Å². The fraction of sp³-hybridized carbons (Fsp3) is 0.200. The normalized spacial score (nSPS) is 12.6. The van der Waals surface area contributed by atoms with Gasteiger partial charge in [-0.2, -0.15) is 16.8 Å². The fourth-order valence-corrected chi connectivity index (χ4v) is 4.88. The van der Waals surface area contributed by atoms with E-state index in [9.17, 15) is 0 Å². The minimum atomic E-state index is -0.379. The molecular weight excluding hydrogens is 423 g/mol. The second-order valence-electron chi connectivity index (χ2n) is 5.66. The Morgan fingerprint density at radius 2 is 1.44 bits per heavy atom. The second kappa shape index (κ2) is 13.9. The molecule has 0 fully saturated rings. The molecule has 0 unspecified atom stereocenters. The van der Waals surface area contributed by atoms with Crippen LogP contribution in [0.5, 0.6) is 0 Å². The van der Waals surface area contributed by atoms with Crippen LogP contribution in [0.3, 0.4) is 0 Å². The SMILES string of the molecule is CCCC1=[C-]C(c2ccccc2)=C([SiH2]c2ccccc2)C1.[Cl-].[Cl-].[Cl-].[Ti+4]. The molecule has 0 N–H and O–H groups in total. The van der Waals surface area contributed by atoms with E-state index in [1.807, 2.05) is 0 Å². The van der Waals surface area contributed by atoms with Crippen LogP contribution in [0, 0.1) is 6.08 Å². The second-order valence-corrected chi connectivity index (χ2v) is 7.69. The molecule has 1 aliphatic rings. The molecule has 3 rings (SSSR count). The summed E-state index contributed by atoms with van der Waals surface area (Å²) in [6, 6.07) is 21.8. The van der Waals surface area contributed by atoms with Gasteiger partial charge < -0.3 is 37.2 Å². The molecule has 2 aromatic carbocycles. The summed E-state index contributed by atoms with van der Waals surface area (Å²) in [5.41, 5.74) is 4.21. The summed E-state index contributed by atoms with van der Waals surface area (Å²) in [6.45, 7) is 2.25. The van der Waals surface area contributed by atoms with Crippen LogP contribution >= 0.6 is 0 Å². The van der Waals surface area contributed by atoms with Gasteiger partial charge in [0.15, 0.2) is 0 Å². The summed E-state index contributed by atoms with van der Waals surface area (Å²) in [5.74, 6) is 0. The number of hydrogen-bond acceptors (Lipinski definition) is 0. The molecule has 0 heterocycles. The van der Waals surface area contributed by atoms with Crippen molar-refractivity contribution in [3.8, 4) is 0 Å². The Morgan fingerprint density at radius 1 is 0.880 bits per heavy atom. The summed E-state index contributed by atoms with van der Waals surface area (Å²) < 4.78 is 0. The number of rotatable bonds is 5. The largest absolute Gasteiger partial charge is 4.00 e. The Labute approximate surface area is 187 Å². The van der Waals surface area contributed by atoms with Crippen LogP contribution in [-0.4, -0.2) is 9.52 Å². The van der Waals surface area contributed by atoms with Crippen molar-refractivity contribution in [1.82, 2.24) is 0 Å². The van der Waals surface area contributed by atoms with Gasteiger partial charge in [-0.1, -0.05) is 73.5 Å². The zero-order valence-electron chi connectivity index (χ0n) is 14.2. The third-order valence-corrected chi connectivity index (χ3v) is 5.87. The Balaban J connectivity index is 0. The third-order valence-electron chi connectivity index (χ3n) is 3.96. The van der Waals surface area contributed by atoms with Crippen LogP contribution in [0.4, 0.5) is 0 Å². The Kier molecular flexibility index (Phi) is 14.9. The first kappa shape index (κ1) is 26.9. The minimum absolute atomic E-state index is 0. The average Bonchev–Trinajstić information content (AvgIpc) is 2.92. The first-order chi connectivity index (χ1) is 10.4. The van der Waals surface area contributed by atoms with E-state index in [2.05, 4.69) is 73.7 Å². The van der Waals surface area contributed by atoms with E-state index < -0.39 is 0 Å². The van der Waals surface area contributed by atoms with Gasteiger partial charge in [0.2, 0.25) is 0 Å². The summed E-state index contributed by atoms with van der Waals surface area (Å²) in [4.78, 5) is 0. The molecule has 0 saturated carbocycles. The van der Waals surface area contributed by atoms with Gasteiger partial charge in [-0.15, -0.1) is 23.3 Å². The first-order valence-corrected chi connectivity index (χ1v) is 9.21. The van der Waals surface area contributed by atoms with Crippen molar-refractivity contribution in [3.05, 3.63) is 83.1 Å². The number of hydrogen-bond donors (Lipinski definition) is 0. The zero-order chi connectivity index (χ0) is 14.5. The predicted octanol–water partition coefficient (Wildman–Crippen LogP) is -5.17. The fourth-order valence-electron chi connectivity index (χ4n) is 2.98. The van der Waals surface area contributed by atoms with Gasteiger partial charge >= 0.3 is 21.7 Å². The van der Waals surface area contributed by atoms with Crippen molar-refractivity contribution in [1.29, 1.82) is 0 Å². The standard InChI is InChI=1S/C20H21Si.3ClH.Ti/c1-2-9-16-14-19(17-10-5-3-6-11-17)20(15-16)21-18-12-7-4-8-13-18;;;;/h3-8,10-13H,2,9,15,21H2,1H3;3*1H;/q-1;;;;+4/p-3. The molecule has 0 spiro atoms. The van der Waals surface area contributed by atoms with Crippen molar-refractivity contribution < 1.29 is 58.9 Å². The van der Waals surface area contributed by atoms with Gasteiger partial charge in [0.25, 0.3) is 0 Å². The molecule has 0 bridgehead atoms. The van der Waals surface area contributed by atoms with E-state index in [4.69, 9.17) is 0 Å². The van der Waals surface area contributed by atoms with Crippen molar-refractivity contribution in [2.45, 2.75) is 26.2 Å². The molecule has 0 amide bonds. The van der Waals surface area contributed by atoms with Gasteiger partial charge in [-0.3, -0.25) is 0 Å². The summed E-state index contributed by atoms with van der Waals surface area (Å²) in [6.07, 6.45) is 7.26. The maximum absolute atomic E-state index is 3.71. The smallest absolute Gasteiger partial charge is 1.00 e. The summed E-state index contributed by atoms with van der Waals surface area (Å²) in [5, 5.41) is 3.18. The Bertz CT molecular complexity index is 670. The topological polar surface area (TPSA) is 0 Å². The van der Waals surface area contributed by atoms with Gasteiger partial charge in [0, 0.05) is 9.52 Å². The molecule has 0 saturated heterocycles.